The number of benzene rings is 1. The first-order chi connectivity index (χ1) is 14.7. The molecule has 0 amide bonds. The van der Waals surface area contributed by atoms with Gasteiger partial charge in [0.1, 0.15) is 17.1 Å². The summed E-state index contributed by atoms with van der Waals surface area (Å²) in [5.41, 5.74) is 3.45. The number of oxazole rings is 1. The number of nitrogens with zero attached hydrogens (tertiary/aromatic N) is 4. The van der Waals surface area contributed by atoms with Gasteiger partial charge in [-0.05, 0) is 45.4 Å². The third-order valence-corrected chi connectivity index (χ3v) is 5.60. The second-order valence-electron chi connectivity index (χ2n) is 9.33. The lowest BCUT2D eigenvalue weighted by atomic mass is 10.1. The van der Waals surface area contributed by atoms with Gasteiger partial charge in [0, 0.05) is 48.6 Å². The highest BCUT2D eigenvalue weighted by molar-refractivity contribution is 5.87. The topological polar surface area (TPSA) is 87.3 Å². The highest BCUT2D eigenvalue weighted by Crippen LogP contribution is 2.34. The van der Waals surface area contributed by atoms with Gasteiger partial charge in [-0.2, -0.15) is 0 Å². The number of hydrogen-bond acceptors (Lipinski definition) is 7. The molecule has 1 aromatic carbocycles. The lowest BCUT2D eigenvalue weighted by molar-refractivity contribution is 0.373. The molecule has 4 aromatic rings. The van der Waals surface area contributed by atoms with Crippen molar-refractivity contribution in [3.63, 3.8) is 0 Å². The number of nitrogens with one attached hydrogen (secondary N) is 1. The van der Waals surface area contributed by atoms with Crippen molar-refractivity contribution in [2.24, 2.45) is 0 Å². The van der Waals surface area contributed by atoms with Crippen LogP contribution in [0.4, 0.5) is 5.82 Å². The molecule has 5 rings (SSSR count). The molecule has 1 fully saturated rings. The van der Waals surface area contributed by atoms with Gasteiger partial charge < -0.3 is 19.7 Å². The van der Waals surface area contributed by atoms with E-state index in [1.165, 1.54) is 0 Å². The molecule has 7 nitrogen and oxygen atoms in total. The lowest BCUT2D eigenvalue weighted by Crippen LogP contribution is -2.44. The van der Waals surface area contributed by atoms with E-state index in [9.17, 15) is 5.11 Å². The fourth-order valence-corrected chi connectivity index (χ4v) is 4.32. The summed E-state index contributed by atoms with van der Waals surface area (Å²) >= 11 is 0. The van der Waals surface area contributed by atoms with Gasteiger partial charge in [0.2, 0.25) is 0 Å². The van der Waals surface area contributed by atoms with Crippen LogP contribution in [0.25, 0.3) is 33.3 Å². The van der Waals surface area contributed by atoms with Crippen LogP contribution < -0.4 is 10.2 Å². The molecule has 31 heavy (non-hydrogen) atoms. The molecule has 0 radical (unpaired) electrons. The second-order valence-corrected chi connectivity index (χ2v) is 9.33. The van der Waals surface area contributed by atoms with E-state index < -0.39 is 0 Å². The average molecular weight is 418 g/mol. The number of aryl methyl sites for hydroxylation is 1. The Labute approximate surface area is 181 Å². The Morgan fingerprint density at radius 3 is 2.77 bits per heavy atom. The van der Waals surface area contributed by atoms with Gasteiger partial charge in [0.15, 0.2) is 11.5 Å². The Morgan fingerprint density at radius 2 is 1.97 bits per heavy atom. The average Bonchev–Trinajstić information content (AvgIpc) is 3.30. The quantitative estimate of drug-likeness (QED) is 0.510. The molecule has 0 spiro atoms. The molecule has 0 bridgehead atoms. The van der Waals surface area contributed by atoms with Crippen LogP contribution in [0.5, 0.6) is 5.75 Å². The summed E-state index contributed by atoms with van der Waals surface area (Å²) in [6.45, 7) is 10.3. The third kappa shape index (κ3) is 3.93. The van der Waals surface area contributed by atoms with E-state index in [1.54, 1.807) is 19.1 Å². The van der Waals surface area contributed by atoms with Gasteiger partial charge in [-0.15, -0.1) is 0 Å². The van der Waals surface area contributed by atoms with E-state index in [-0.39, 0.29) is 11.3 Å². The monoisotopic (exact) mass is 417 g/mol. The smallest absolute Gasteiger partial charge is 0.192 e. The van der Waals surface area contributed by atoms with E-state index in [2.05, 4.69) is 47.0 Å². The Hall–Kier alpha value is -3.19. The Balaban J connectivity index is 1.43. The fraction of sp³-hybridized carbons (Fsp3) is 0.375. The van der Waals surface area contributed by atoms with Crippen molar-refractivity contribution in [2.75, 3.05) is 18.0 Å². The third-order valence-electron chi connectivity index (χ3n) is 5.60. The molecule has 7 heteroatoms. The summed E-state index contributed by atoms with van der Waals surface area (Å²) in [5, 5.41) is 15.2. The summed E-state index contributed by atoms with van der Waals surface area (Å²) in [5.74, 6) is 1.67. The zero-order valence-corrected chi connectivity index (χ0v) is 18.3. The number of pyridine rings is 2. The molecule has 1 aliphatic rings. The summed E-state index contributed by atoms with van der Waals surface area (Å²) in [6, 6.07) is 9.91. The van der Waals surface area contributed by atoms with E-state index >= 15 is 0 Å². The van der Waals surface area contributed by atoms with Crippen LogP contribution >= 0.6 is 0 Å². The van der Waals surface area contributed by atoms with Crippen molar-refractivity contribution >= 4 is 27.8 Å². The van der Waals surface area contributed by atoms with Gasteiger partial charge in [-0.25, -0.2) is 15.0 Å². The van der Waals surface area contributed by atoms with Crippen molar-refractivity contribution < 1.29 is 9.52 Å². The van der Waals surface area contributed by atoms with Crippen LogP contribution in [0.15, 0.2) is 40.9 Å². The number of phenolic OH excluding ortho intramolecular Hbond substituents is 1. The SMILES string of the molecule is Cc1nc2cc(O)c(-c3ccc4cc(N5CC[C@H](NC(C)(C)C)C5)ncc4n3)cc2o1. The Kier molecular flexibility index (Phi) is 4.59. The number of fused-ring (bicyclic) bond motifs is 2. The number of aromatic nitrogens is 3. The number of hydrogen-bond donors (Lipinski definition) is 2. The van der Waals surface area contributed by atoms with Gasteiger partial charge in [-0.3, -0.25) is 0 Å². The van der Waals surface area contributed by atoms with Gasteiger partial charge >= 0.3 is 0 Å². The van der Waals surface area contributed by atoms with Crippen LogP contribution in [0.3, 0.4) is 0 Å². The van der Waals surface area contributed by atoms with Crippen LogP contribution in [0, 0.1) is 6.92 Å². The molecule has 160 valence electrons. The Bertz CT molecular complexity index is 1270. The zero-order chi connectivity index (χ0) is 21.8. The summed E-state index contributed by atoms with van der Waals surface area (Å²) < 4.78 is 5.61. The minimum Gasteiger partial charge on any atom is -0.507 e. The van der Waals surface area contributed by atoms with Crippen molar-refractivity contribution in [3.8, 4) is 17.0 Å². The van der Waals surface area contributed by atoms with Crippen LogP contribution in [0.1, 0.15) is 33.1 Å². The molecule has 4 heterocycles. The number of anilines is 1. The van der Waals surface area contributed by atoms with Crippen molar-refractivity contribution in [3.05, 3.63) is 42.4 Å². The van der Waals surface area contributed by atoms with Gasteiger partial charge in [0.25, 0.3) is 0 Å². The molecule has 3 aromatic heterocycles. The van der Waals surface area contributed by atoms with E-state index in [1.807, 2.05) is 18.3 Å². The minimum absolute atomic E-state index is 0.108. The summed E-state index contributed by atoms with van der Waals surface area (Å²) in [4.78, 5) is 16.0. The normalized spacial score (nSPS) is 17.2. The number of phenols is 1. The van der Waals surface area contributed by atoms with Crippen LogP contribution in [-0.4, -0.2) is 44.7 Å². The molecular formula is C24H27N5O2. The predicted molar refractivity (Wildman–Crippen MR) is 122 cm³/mol. The predicted octanol–water partition coefficient (Wildman–Crippen LogP) is 4.42. The molecular weight excluding hydrogens is 390 g/mol. The molecule has 1 saturated heterocycles. The largest absolute Gasteiger partial charge is 0.507 e. The Morgan fingerprint density at radius 1 is 1.13 bits per heavy atom. The van der Waals surface area contributed by atoms with Gasteiger partial charge in [-0.1, -0.05) is 6.07 Å². The zero-order valence-electron chi connectivity index (χ0n) is 18.3. The second kappa shape index (κ2) is 7.20. The first-order valence-corrected chi connectivity index (χ1v) is 10.7. The van der Waals surface area contributed by atoms with Crippen LogP contribution in [0.2, 0.25) is 0 Å². The van der Waals surface area contributed by atoms with E-state index in [0.29, 0.717) is 34.3 Å². The van der Waals surface area contributed by atoms with Crippen molar-refractivity contribution in [1.82, 2.24) is 20.3 Å². The summed E-state index contributed by atoms with van der Waals surface area (Å²) in [6.07, 6.45) is 2.92. The maximum absolute atomic E-state index is 10.5. The maximum atomic E-state index is 10.5. The highest BCUT2D eigenvalue weighted by Gasteiger charge is 2.26. The molecule has 1 atom stereocenters. The minimum atomic E-state index is 0.108. The maximum Gasteiger partial charge on any atom is 0.192 e. The fourth-order valence-electron chi connectivity index (χ4n) is 4.32. The standard InChI is InChI=1S/C24H27N5O2/c1-14-26-19-11-21(30)17(10-22(19)31-14)18-6-5-15-9-23(25-12-20(15)27-18)29-8-7-16(13-29)28-24(2,3)4/h5-6,9-12,16,28,30H,7-8,13H2,1-4H3/t16-/m0/s1. The molecule has 1 aliphatic heterocycles. The first-order valence-electron chi connectivity index (χ1n) is 10.7. The number of rotatable bonds is 3. The highest BCUT2D eigenvalue weighted by atomic mass is 16.3. The van der Waals surface area contributed by atoms with Gasteiger partial charge in [0.05, 0.1) is 17.4 Å². The molecule has 0 aliphatic carbocycles. The molecule has 0 unspecified atom stereocenters. The molecule has 0 saturated carbocycles. The van der Waals surface area contributed by atoms with Crippen LogP contribution in [-0.2, 0) is 0 Å². The number of aromatic hydroxyl groups is 1. The van der Waals surface area contributed by atoms with Crippen molar-refractivity contribution in [1.29, 1.82) is 0 Å². The lowest BCUT2D eigenvalue weighted by Gasteiger charge is -2.26. The molecule has 2 N–H and O–H groups in total. The summed E-state index contributed by atoms with van der Waals surface area (Å²) in [7, 11) is 0. The first kappa shape index (κ1) is 19.8. The van der Waals surface area contributed by atoms with E-state index in [0.717, 1.165) is 36.2 Å². The van der Waals surface area contributed by atoms with Crippen molar-refractivity contribution in [2.45, 2.75) is 45.7 Å². The van der Waals surface area contributed by atoms with E-state index in [4.69, 9.17) is 9.40 Å².